The van der Waals surface area contributed by atoms with Crippen LogP contribution in [0.25, 0.3) is 11.1 Å². The predicted molar refractivity (Wildman–Crippen MR) is 174 cm³/mol. The standard InChI is InChI=1S/C35H40N4O4/c1-23-29(9-8-10-31(23)39(7)33(42)25-11-15-27(16-12-25)35(2,3)4)26-21-30(34(43)38(6)22-26)36-28-17-13-24(14-18-28)32(41)37(5)19-20-40/h8-18,21-22,36,40H,19-20H2,1-7H3. The SMILES string of the molecule is Cc1c(-c2cc(Nc3ccc(C(=O)N(C)CCO)cc3)c(=O)n(C)c2)cccc1N(C)C(=O)c1ccc(C(C)(C)C)cc1. The van der Waals surface area contributed by atoms with Crippen LogP contribution in [0.1, 0.15) is 52.6 Å². The predicted octanol–water partition coefficient (Wildman–Crippen LogP) is 5.74. The van der Waals surface area contributed by atoms with E-state index in [1.165, 1.54) is 15.0 Å². The molecule has 8 heteroatoms. The van der Waals surface area contributed by atoms with Gasteiger partial charge in [-0.25, -0.2) is 0 Å². The molecule has 0 fully saturated rings. The van der Waals surface area contributed by atoms with Crippen molar-refractivity contribution in [1.82, 2.24) is 9.47 Å². The molecule has 0 saturated heterocycles. The van der Waals surface area contributed by atoms with E-state index in [0.717, 1.165) is 22.4 Å². The minimum absolute atomic E-state index is 0.00202. The third-order valence-corrected chi connectivity index (χ3v) is 7.66. The number of nitrogens with one attached hydrogen (secondary N) is 1. The maximum Gasteiger partial charge on any atom is 0.274 e. The van der Waals surface area contributed by atoms with Crippen LogP contribution in [0.3, 0.4) is 0 Å². The molecule has 2 N–H and O–H groups in total. The first-order valence-corrected chi connectivity index (χ1v) is 14.2. The van der Waals surface area contributed by atoms with Gasteiger partial charge < -0.3 is 24.8 Å². The molecule has 1 heterocycles. The van der Waals surface area contributed by atoms with Gasteiger partial charge in [-0.05, 0) is 77.6 Å². The quantitative estimate of drug-likeness (QED) is 0.277. The molecule has 0 unspecified atom stereocenters. The van der Waals surface area contributed by atoms with Gasteiger partial charge in [0.1, 0.15) is 5.69 Å². The highest BCUT2D eigenvalue weighted by Crippen LogP contribution is 2.32. The van der Waals surface area contributed by atoms with E-state index in [1.54, 1.807) is 62.6 Å². The van der Waals surface area contributed by atoms with Crippen molar-refractivity contribution in [3.05, 3.63) is 112 Å². The molecule has 8 nitrogen and oxygen atoms in total. The highest BCUT2D eigenvalue weighted by Gasteiger charge is 2.20. The summed E-state index contributed by atoms with van der Waals surface area (Å²) in [6.45, 7) is 8.54. The number of aryl methyl sites for hydroxylation is 1. The first-order valence-electron chi connectivity index (χ1n) is 14.2. The monoisotopic (exact) mass is 580 g/mol. The van der Waals surface area contributed by atoms with Crippen molar-refractivity contribution in [3.63, 3.8) is 0 Å². The van der Waals surface area contributed by atoms with E-state index in [2.05, 4.69) is 26.1 Å². The van der Waals surface area contributed by atoms with Gasteiger partial charge in [-0.2, -0.15) is 0 Å². The molecule has 0 aliphatic heterocycles. The fourth-order valence-corrected chi connectivity index (χ4v) is 4.99. The van der Waals surface area contributed by atoms with Crippen molar-refractivity contribution in [3.8, 4) is 11.1 Å². The number of rotatable bonds is 8. The first-order chi connectivity index (χ1) is 20.3. The topological polar surface area (TPSA) is 94.9 Å². The smallest absolute Gasteiger partial charge is 0.274 e. The molecular weight excluding hydrogens is 540 g/mol. The Morgan fingerprint density at radius 3 is 2.12 bits per heavy atom. The molecule has 2 amide bonds. The van der Waals surface area contributed by atoms with E-state index < -0.39 is 0 Å². The maximum absolute atomic E-state index is 13.4. The van der Waals surface area contributed by atoms with Gasteiger partial charge in [0.15, 0.2) is 0 Å². The lowest BCUT2D eigenvalue weighted by atomic mass is 9.86. The maximum atomic E-state index is 13.4. The molecule has 0 radical (unpaired) electrons. The molecule has 0 bridgehead atoms. The zero-order valence-electron chi connectivity index (χ0n) is 25.9. The molecule has 0 atom stereocenters. The number of aliphatic hydroxyl groups excluding tert-OH is 1. The van der Waals surface area contributed by atoms with Crippen LogP contribution in [0.5, 0.6) is 0 Å². The summed E-state index contributed by atoms with van der Waals surface area (Å²) in [6.07, 6.45) is 1.78. The average Bonchev–Trinajstić information content (AvgIpc) is 2.98. The van der Waals surface area contributed by atoms with E-state index in [9.17, 15) is 14.4 Å². The molecule has 4 rings (SSSR count). The average molecular weight is 581 g/mol. The van der Waals surface area contributed by atoms with Gasteiger partial charge in [0, 0.05) is 61.9 Å². The van der Waals surface area contributed by atoms with Crippen LogP contribution in [-0.4, -0.2) is 53.6 Å². The number of hydrogen-bond acceptors (Lipinski definition) is 5. The summed E-state index contributed by atoms with van der Waals surface area (Å²) in [7, 11) is 5.11. The van der Waals surface area contributed by atoms with Crippen LogP contribution >= 0.6 is 0 Å². The number of pyridine rings is 1. The zero-order chi connectivity index (χ0) is 31.5. The molecule has 3 aromatic carbocycles. The number of carbonyl (C=O) groups excluding carboxylic acids is 2. The molecule has 4 aromatic rings. The Morgan fingerprint density at radius 2 is 1.51 bits per heavy atom. The highest BCUT2D eigenvalue weighted by molar-refractivity contribution is 6.06. The number of likely N-dealkylation sites (N-methyl/N-ethyl adjacent to an activating group) is 1. The Balaban J connectivity index is 1.61. The summed E-state index contributed by atoms with van der Waals surface area (Å²) in [6, 6.07) is 22.2. The van der Waals surface area contributed by atoms with E-state index in [0.29, 0.717) is 22.5 Å². The minimum Gasteiger partial charge on any atom is -0.395 e. The van der Waals surface area contributed by atoms with E-state index >= 15 is 0 Å². The summed E-state index contributed by atoms with van der Waals surface area (Å²) in [5, 5.41) is 12.3. The van der Waals surface area contributed by atoms with Gasteiger partial charge in [-0.15, -0.1) is 0 Å². The number of anilines is 3. The van der Waals surface area contributed by atoms with Crippen LogP contribution in [0.15, 0.2) is 83.8 Å². The molecule has 0 aliphatic carbocycles. The van der Waals surface area contributed by atoms with Gasteiger partial charge >= 0.3 is 0 Å². The van der Waals surface area contributed by atoms with Gasteiger partial charge in [-0.3, -0.25) is 14.4 Å². The molecule has 0 aliphatic rings. The lowest BCUT2D eigenvalue weighted by molar-refractivity contribution is 0.0767. The fraction of sp³-hybridized carbons (Fsp3) is 0.286. The number of nitrogens with zero attached hydrogens (tertiary/aromatic N) is 3. The minimum atomic E-state index is -0.202. The van der Waals surface area contributed by atoms with E-state index in [1.807, 2.05) is 49.4 Å². The lowest BCUT2D eigenvalue weighted by Crippen LogP contribution is -2.29. The second-order valence-electron chi connectivity index (χ2n) is 11.9. The van der Waals surface area contributed by atoms with Crippen LogP contribution < -0.4 is 15.8 Å². The summed E-state index contributed by atoms with van der Waals surface area (Å²) >= 11 is 0. The molecule has 224 valence electrons. The van der Waals surface area contributed by atoms with Crippen LogP contribution in [-0.2, 0) is 12.5 Å². The Morgan fingerprint density at radius 1 is 0.907 bits per heavy atom. The van der Waals surface area contributed by atoms with Crippen LogP contribution in [0.4, 0.5) is 17.1 Å². The third kappa shape index (κ3) is 6.87. The van der Waals surface area contributed by atoms with Gasteiger partial charge in [0.05, 0.1) is 6.61 Å². The molecule has 43 heavy (non-hydrogen) atoms. The van der Waals surface area contributed by atoms with Crippen molar-refractivity contribution in [2.45, 2.75) is 33.1 Å². The number of carbonyl (C=O) groups is 2. The summed E-state index contributed by atoms with van der Waals surface area (Å²) in [4.78, 5) is 42.1. The number of aromatic nitrogens is 1. The summed E-state index contributed by atoms with van der Waals surface area (Å²) in [5.74, 6) is -0.299. The lowest BCUT2D eigenvalue weighted by Gasteiger charge is -2.23. The Labute approximate surface area is 253 Å². The Kier molecular flexibility index (Phi) is 9.21. The molecular formula is C35H40N4O4. The van der Waals surface area contributed by atoms with Crippen LogP contribution in [0, 0.1) is 6.92 Å². The molecule has 0 spiro atoms. The second kappa shape index (κ2) is 12.7. The third-order valence-electron chi connectivity index (χ3n) is 7.66. The summed E-state index contributed by atoms with van der Waals surface area (Å²) in [5.41, 5.74) is 6.49. The van der Waals surface area contributed by atoms with Crippen molar-refractivity contribution in [1.29, 1.82) is 0 Å². The largest absolute Gasteiger partial charge is 0.395 e. The number of amides is 2. The van der Waals surface area contributed by atoms with Crippen molar-refractivity contribution in [2.24, 2.45) is 7.05 Å². The van der Waals surface area contributed by atoms with Gasteiger partial charge in [0.25, 0.3) is 17.4 Å². The molecule has 1 aromatic heterocycles. The first kappa shape index (κ1) is 31.3. The Hall–Kier alpha value is -4.69. The Bertz CT molecular complexity index is 1680. The number of benzene rings is 3. The number of hydrogen-bond donors (Lipinski definition) is 2. The molecule has 0 saturated carbocycles. The van der Waals surface area contributed by atoms with Gasteiger partial charge in [-0.1, -0.05) is 45.0 Å². The zero-order valence-corrected chi connectivity index (χ0v) is 25.9. The number of aliphatic hydroxyl groups is 1. The van der Waals surface area contributed by atoms with E-state index in [4.69, 9.17) is 5.11 Å². The van der Waals surface area contributed by atoms with Crippen molar-refractivity contribution in [2.75, 3.05) is 37.5 Å². The fourth-order valence-electron chi connectivity index (χ4n) is 4.99. The van der Waals surface area contributed by atoms with E-state index in [-0.39, 0.29) is 35.9 Å². The second-order valence-corrected chi connectivity index (χ2v) is 11.9. The van der Waals surface area contributed by atoms with Gasteiger partial charge in [0.2, 0.25) is 0 Å². The highest BCUT2D eigenvalue weighted by atomic mass is 16.3. The normalized spacial score (nSPS) is 11.3. The summed E-state index contributed by atoms with van der Waals surface area (Å²) < 4.78 is 1.52. The van der Waals surface area contributed by atoms with Crippen molar-refractivity contribution >= 4 is 28.9 Å². The van der Waals surface area contributed by atoms with Crippen LogP contribution in [0.2, 0.25) is 0 Å². The van der Waals surface area contributed by atoms with Crippen molar-refractivity contribution < 1.29 is 14.7 Å².